The molecular formula is C2H7NOS. The molecule has 3 heteroatoms. The van der Waals surface area contributed by atoms with Crippen LogP contribution in [0.15, 0.2) is 0 Å². The van der Waals surface area contributed by atoms with E-state index in [0.29, 0.717) is 0 Å². The monoisotopic (exact) mass is 93.0 g/mol. The van der Waals surface area contributed by atoms with Crippen LogP contribution in [0.4, 0.5) is 0 Å². The lowest BCUT2D eigenvalue weighted by atomic mass is 10.7. The van der Waals surface area contributed by atoms with E-state index in [1.54, 1.807) is 0 Å². The fourth-order valence-electron chi connectivity index (χ4n) is 0. The summed E-state index contributed by atoms with van der Waals surface area (Å²) in [5.41, 5.74) is 4.77. The molecule has 0 aliphatic rings. The summed E-state index contributed by atoms with van der Waals surface area (Å²) in [5, 5.41) is 6.86. The molecule has 0 aliphatic heterocycles. The van der Waals surface area contributed by atoms with Gasteiger partial charge in [0.05, 0.1) is 0 Å². The summed E-state index contributed by atoms with van der Waals surface area (Å²) >= 11 is 3.46. The van der Waals surface area contributed by atoms with Gasteiger partial charge in [-0.15, -0.1) is 12.6 Å². The summed E-state index contributed by atoms with van der Waals surface area (Å²) in [4.78, 5) is 0. The number of hydrogen-bond donors (Lipinski definition) is 3. The van der Waals surface area contributed by atoms with Crippen molar-refractivity contribution in [2.24, 2.45) is 5.73 Å². The largest absolute Gasteiger partial charge is 0.367 e. The molecule has 0 aromatic rings. The highest BCUT2D eigenvalue weighted by molar-refractivity contribution is 7.81. The molecule has 0 saturated carbocycles. The molecule has 0 saturated heterocycles. The fraction of sp³-hybridized carbons (Fsp3) is 1.00. The lowest BCUT2D eigenvalue weighted by Gasteiger charge is -2.03. The predicted octanol–water partition coefficient (Wildman–Crippen LogP) is -0.459. The van der Waals surface area contributed by atoms with Gasteiger partial charge in [0.1, 0.15) is 0 Å². The van der Waals surface area contributed by atoms with E-state index in [1.807, 2.05) is 0 Å². The zero-order chi connectivity index (χ0) is 4.50. The Morgan fingerprint density at radius 1 is 2.00 bits per heavy atom. The first-order chi connectivity index (χ1) is 2.00. The van der Waals surface area contributed by atoms with Gasteiger partial charge in [0.15, 0.2) is 5.06 Å². The average Bonchev–Trinajstić information content (AvgIpc) is 0.722. The molecule has 0 spiro atoms. The van der Waals surface area contributed by atoms with Crippen LogP contribution in [0.1, 0.15) is 6.92 Å². The molecule has 0 amide bonds. The molecule has 3 N–H and O–H groups in total. The van der Waals surface area contributed by atoms with Crippen LogP contribution in [-0.4, -0.2) is 10.2 Å². The standard InChI is InChI=1S/C2H7NOS/c1-2(3,4)5/h4-5H,3H2,1H3. The van der Waals surface area contributed by atoms with Crippen LogP contribution in [0.25, 0.3) is 0 Å². The topological polar surface area (TPSA) is 46.2 Å². The van der Waals surface area contributed by atoms with Gasteiger partial charge < -0.3 is 5.11 Å². The van der Waals surface area contributed by atoms with Gasteiger partial charge in [-0.25, -0.2) is 0 Å². The van der Waals surface area contributed by atoms with Crippen LogP contribution in [0.3, 0.4) is 0 Å². The summed E-state index contributed by atoms with van der Waals surface area (Å²) in [6, 6.07) is 0. The van der Waals surface area contributed by atoms with Crippen molar-refractivity contribution in [1.29, 1.82) is 0 Å². The zero-order valence-corrected chi connectivity index (χ0v) is 3.87. The fourth-order valence-corrected chi connectivity index (χ4v) is 0. The molecule has 1 unspecified atom stereocenters. The van der Waals surface area contributed by atoms with Crippen molar-refractivity contribution in [3.05, 3.63) is 0 Å². The Bertz CT molecular complexity index is 25.1. The Kier molecular flexibility index (Phi) is 1.22. The van der Waals surface area contributed by atoms with Gasteiger partial charge in [-0.3, -0.25) is 5.73 Å². The van der Waals surface area contributed by atoms with E-state index < -0.39 is 5.06 Å². The Morgan fingerprint density at radius 2 is 2.00 bits per heavy atom. The molecular weight excluding hydrogens is 86.1 g/mol. The lowest BCUT2D eigenvalue weighted by Crippen LogP contribution is -2.27. The van der Waals surface area contributed by atoms with Crippen LogP contribution in [0.2, 0.25) is 0 Å². The van der Waals surface area contributed by atoms with E-state index in [-0.39, 0.29) is 0 Å². The SMILES string of the molecule is CC(N)(O)S. The third-order valence-corrected chi connectivity index (χ3v) is 0. The maximum Gasteiger partial charge on any atom is 0.155 e. The maximum atomic E-state index is 8.16. The minimum absolute atomic E-state index is 1.31. The minimum Gasteiger partial charge on any atom is -0.367 e. The second kappa shape index (κ2) is 1.16. The summed E-state index contributed by atoms with van der Waals surface area (Å²) in [6.45, 7) is 1.39. The van der Waals surface area contributed by atoms with E-state index in [4.69, 9.17) is 10.8 Å². The molecule has 2 nitrogen and oxygen atoms in total. The third-order valence-electron chi connectivity index (χ3n) is 0. The summed E-state index contributed by atoms with van der Waals surface area (Å²) in [5.74, 6) is 0. The van der Waals surface area contributed by atoms with E-state index in [2.05, 4.69) is 12.6 Å². The van der Waals surface area contributed by atoms with Gasteiger partial charge in [-0.2, -0.15) is 0 Å². The number of hydrogen-bond acceptors (Lipinski definition) is 3. The van der Waals surface area contributed by atoms with Crippen molar-refractivity contribution in [2.45, 2.75) is 12.0 Å². The van der Waals surface area contributed by atoms with Crippen molar-refractivity contribution >= 4 is 12.6 Å². The average molecular weight is 93.2 g/mol. The predicted molar refractivity (Wildman–Crippen MR) is 23.8 cm³/mol. The lowest BCUT2D eigenvalue weighted by molar-refractivity contribution is 0.168. The first-order valence-corrected chi connectivity index (χ1v) is 1.68. The first kappa shape index (κ1) is 5.27. The van der Waals surface area contributed by atoms with E-state index in [9.17, 15) is 0 Å². The molecule has 0 rings (SSSR count). The maximum absolute atomic E-state index is 8.16. The van der Waals surface area contributed by atoms with Gasteiger partial charge in [0.25, 0.3) is 0 Å². The van der Waals surface area contributed by atoms with Crippen molar-refractivity contribution < 1.29 is 5.11 Å². The molecule has 0 aromatic heterocycles. The number of nitrogens with two attached hydrogens (primary N) is 1. The van der Waals surface area contributed by atoms with Gasteiger partial charge in [0.2, 0.25) is 0 Å². The van der Waals surface area contributed by atoms with Gasteiger partial charge in [0, 0.05) is 0 Å². The van der Waals surface area contributed by atoms with Crippen molar-refractivity contribution in [3.8, 4) is 0 Å². The number of aliphatic hydroxyl groups is 1. The molecule has 32 valence electrons. The molecule has 0 bridgehead atoms. The molecule has 1 atom stereocenters. The van der Waals surface area contributed by atoms with Crippen LogP contribution in [0.5, 0.6) is 0 Å². The first-order valence-electron chi connectivity index (χ1n) is 1.24. The van der Waals surface area contributed by atoms with Crippen LogP contribution < -0.4 is 5.73 Å². The quantitative estimate of drug-likeness (QED) is 0.280. The summed E-state index contributed by atoms with van der Waals surface area (Å²) in [7, 11) is 0. The van der Waals surface area contributed by atoms with Gasteiger partial charge in [-0.05, 0) is 6.92 Å². The minimum atomic E-state index is -1.31. The van der Waals surface area contributed by atoms with Crippen LogP contribution in [-0.2, 0) is 0 Å². The van der Waals surface area contributed by atoms with Crippen LogP contribution >= 0.6 is 12.6 Å². The van der Waals surface area contributed by atoms with Crippen LogP contribution in [0, 0.1) is 0 Å². The second-order valence-corrected chi connectivity index (χ2v) is 2.00. The molecule has 0 fully saturated rings. The summed E-state index contributed by atoms with van der Waals surface area (Å²) in [6.07, 6.45) is 0. The summed E-state index contributed by atoms with van der Waals surface area (Å²) < 4.78 is 0. The molecule has 0 heterocycles. The Hall–Kier alpha value is 0.270. The molecule has 5 heavy (non-hydrogen) atoms. The van der Waals surface area contributed by atoms with Gasteiger partial charge in [-0.1, -0.05) is 0 Å². The third kappa shape index (κ3) is 302. The molecule has 0 radical (unpaired) electrons. The second-order valence-electron chi connectivity index (χ2n) is 1.09. The number of thiol groups is 1. The van der Waals surface area contributed by atoms with Gasteiger partial charge >= 0.3 is 0 Å². The normalized spacial score (nSPS) is 21.6. The van der Waals surface area contributed by atoms with Crippen molar-refractivity contribution in [1.82, 2.24) is 0 Å². The molecule has 0 aliphatic carbocycles. The highest BCUT2D eigenvalue weighted by atomic mass is 32.1. The smallest absolute Gasteiger partial charge is 0.155 e. The Labute approximate surface area is 36.4 Å². The van der Waals surface area contributed by atoms with E-state index in [1.165, 1.54) is 6.92 Å². The zero-order valence-electron chi connectivity index (χ0n) is 2.97. The van der Waals surface area contributed by atoms with E-state index >= 15 is 0 Å². The highest BCUT2D eigenvalue weighted by Crippen LogP contribution is 1.93. The Balaban J connectivity index is 3.02. The van der Waals surface area contributed by atoms with Crippen molar-refractivity contribution in [2.75, 3.05) is 0 Å². The van der Waals surface area contributed by atoms with Crippen molar-refractivity contribution in [3.63, 3.8) is 0 Å². The molecule has 0 aromatic carbocycles. The highest BCUT2D eigenvalue weighted by Gasteiger charge is 1.99. The Morgan fingerprint density at radius 3 is 2.00 bits per heavy atom. The van der Waals surface area contributed by atoms with E-state index in [0.717, 1.165) is 0 Å². The number of rotatable bonds is 0.